The third-order valence-corrected chi connectivity index (χ3v) is 9.96. The molecule has 2 fully saturated rings. The van der Waals surface area contributed by atoms with Gasteiger partial charge in [-0.2, -0.15) is 23.3 Å². The maximum atomic E-state index is 15.1. The number of hydrogen-bond donors (Lipinski definition) is 0. The number of alkyl halides is 3. The van der Waals surface area contributed by atoms with E-state index in [0.29, 0.717) is 37.6 Å². The Morgan fingerprint density at radius 2 is 1.88 bits per heavy atom. The number of halogens is 4. The zero-order valence-electron chi connectivity index (χ0n) is 23.1. The predicted molar refractivity (Wildman–Crippen MR) is 154 cm³/mol. The molecule has 0 unspecified atom stereocenters. The Labute approximate surface area is 246 Å². The molecule has 43 heavy (non-hydrogen) atoms. The van der Waals surface area contributed by atoms with Gasteiger partial charge in [0.05, 0.1) is 41.4 Å². The smallest absolute Gasteiger partial charge is 0.380 e. The molecular formula is C29H26F4N6O3S. The fraction of sp³-hybridized carbons (Fsp3) is 0.379. The molecule has 3 aliphatic rings. The van der Waals surface area contributed by atoms with E-state index in [1.807, 2.05) is 0 Å². The van der Waals surface area contributed by atoms with Crippen LogP contribution in [0.4, 0.5) is 23.4 Å². The molecule has 7 rings (SSSR count). The molecule has 9 nitrogen and oxygen atoms in total. The molecule has 1 spiro atoms. The molecule has 5 heterocycles. The number of aromatic nitrogens is 4. The van der Waals surface area contributed by atoms with Crippen molar-refractivity contribution in [2.24, 2.45) is 12.5 Å². The Kier molecular flexibility index (Phi) is 6.36. The van der Waals surface area contributed by atoms with Crippen molar-refractivity contribution in [3.63, 3.8) is 0 Å². The van der Waals surface area contributed by atoms with Crippen LogP contribution in [-0.4, -0.2) is 75.3 Å². The van der Waals surface area contributed by atoms with E-state index >= 15 is 13.2 Å². The number of anilines is 1. The monoisotopic (exact) mass is 614 g/mol. The molecule has 0 aliphatic carbocycles. The van der Waals surface area contributed by atoms with Crippen molar-refractivity contribution in [1.82, 2.24) is 24.2 Å². The normalized spacial score (nSPS) is 18.3. The molecule has 0 atom stereocenters. The molecule has 0 N–H and O–H groups in total. The molecule has 2 aromatic heterocycles. The molecule has 14 heteroatoms. The van der Waals surface area contributed by atoms with Crippen LogP contribution in [0.2, 0.25) is 0 Å². The second-order valence-corrected chi connectivity index (χ2v) is 12.2. The number of piperazine rings is 1. The SMILES string of the molecule is C=CC(=O)N1CCN(c2nc(=O)n3c4c(c(-c5ccc(F)c6cnn(C)c56)c(C(F)(F)F)cc24)SCC2(COC2)C3)CC1. The Morgan fingerprint density at radius 1 is 1.14 bits per heavy atom. The van der Waals surface area contributed by atoms with Gasteiger partial charge in [-0.3, -0.25) is 14.0 Å². The van der Waals surface area contributed by atoms with E-state index in [-0.39, 0.29) is 63.7 Å². The molecule has 2 saturated heterocycles. The summed E-state index contributed by atoms with van der Waals surface area (Å²) in [6, 6.07) is 3.56. The number of nitrogens with zero attached hydrogens (tertiary/aromatic N) is 6. The minimum absolute atomic E-state index is 0.0997. The highest BCUT2D eigenvalue weighted by Gasteiger charge is 2.44. The van der Waals surface area contributed by atoms with Gasteiger partial charge in [-0.15, -0.1) is 11.8 Å². The number of rotatable bonds is 3. The summed E-state index contributed by atoms with van der Waals surface area (Å²) in [5.74, 6) is -0.269. The van der Waals surface area contributed by atoms with Crippen molar-refractivity contribution in [3.05, 3.63) is 58.9 Å². The average Bonchev–Trinajstić information content (AvgIpc) is 3.25. The Bertz CT molecular complexity index is 1890. The van der Waals surface area contributed by atoms with E-state index < -0.39 is 28.7 Å². The van der Waals surface area contributed by atoms with E-state index in [4.69, 9.17) is 4.74 Å². The van der Waals surface area contributed by atoms with Crippen LogP contribution in [0.1, 0.15) is 5.56 Å². The second kappa shape index (κ2) is 9.81. The summed E-state index contributed by atoms with van der Waals surface area (Å²) in [5, 5.41) is 4.42. The Balaban J connectivity index is 1.54. The average molecular weight is 615 g/mol. The highest BCUT2D eigenvalue weighted by Crippen LogP contribution is 2.52. The van der Waals surface area contributed by atoms with Crippen LogP contribution in [0.5, 0.6) is 0 Å². The quantitative estimate of drug-likeness (QED) is 0.254. The molecular weight excluding hydrogens is 588 g/mol. The molecule has 0 bridgehead atoms. The fourth-order valence-electron chi connectivity index (χ4n) is 6.31. The number of amides is 1. The van der Waals surface area contributed by atoms with Crippen molar-refractivity contribution < 1.29 is 27.1 Å². The van der Waals surface area contributed by atoms with Crippen molar-refractivity contribution in [2.75, 3.05) is 50.0 Å². The van der Waals surface area contributed by atoms with Gasteiger partial charge in [0.15, 0.2) is 0 Å². The lowest BCUT2D eigenvalue weighted by Gasteiger charge is -2.40. The summed E-state index contributed by atoms with van der Waals surface area (Å²) in [6.45, 7) is 5.66. The van der Waals surface area contributed by atoms with Crippen LogP contribution in [0.25, 0.3) is 32.9 Å². The molecule has 0 radical (unpaired) electrons. The van der Waals surface area contributed by atoms with Crippen molar-refractivity contribution in [2.45, 2.75) is 17.6 Å². The van der Waals surface area contributed by atoms with Gasteiger partial charge in [-0.05, 0) is 24.3 Å². The molecule has 3 aliphatic heterocycles. The number of carbonyl (C=O) groups excluding carboxylic acids is 1. The maximum Gasteiger partial charge on any atom is 0.417 e. The van der Waals surface area contributed by atoms with Crippen LogP contribution in [0.3, 0.4) is 0 Å². The van der Waals surface area contributed by atoms with Crippen molar-refractivity contribution in [1.29, 1.82) is 0 Å². The lowest BCUT2D eigenvalue weighted by atomic mass is 9.88. The van der Waals surface area contributed by atoms with Gasteiger partial charge in [-0.25, -0.2) is 9.18 Å². The maximum absolute atomic E-state index is 15.1. The topological polar surface area (TPSA) is 85.5 Å². The number of ether oxygens (including phenoxy) is 1. The highest BCUT2D eigenvalue weighted by molar-refractivity contribution is 7.99. The molecule has 4 aromatic rings. The van der Waals surface area contributed by atoms with Gasteiger partial charge in [0.2, 0.25) is 5.91 Å². The van der Waals surface area contributed by atoms with E-state index in [1.165, 1.54) is 39.4 Å². The lowest BCUT2D eigenvalue weighted by Crippen LogP contribution is -2.50. The number of fused-ring (bicyclic) bond motifs is 1. The van der Waals surface area contributed by atoms with Gasteiger partial charge >= 0.3 is 11.9 Å². The first-order valence-corrected chi connectivity index (χ1v) is 14.7. The summed E-state index contributed by atoms with van der Waals surface area (Å²) < 4.78 is 68.4. The van der Waals surface area contributed by atoms with Gasteiger partial charge in [-0.1, -0.05) is 6.58 Å². The van der Waals surface area contributed by atoms with Crippen molar-refractivity contribution >= 4 is 45.3 Å². The zero-order chi connectivity index (χ0) is 30.3. The van der Waals surface area contributed by atoms with Crippen LogP contribution < -0.4 is 10.6 Å². The summed E-state index contributed by atoms with van der Waals surface area (Å²) >= 11 is 1.26. The Morgan fingerprint density at radius 3 is 2.53 bits per heavy atom. The number of benzene rings is 2. The van der Waals surface area contributed by atoms with E-state index in [2.05, 4.69) is 16.7 Å². The number of carbonyl (C=O) groups is 1. The number of thioether (sulfide) groups is 1. The summed E-state index contributed by atoms with van der Waals surface area (Å²) in [4.78, 5) is 33.8. The standard InChI is InChI=1S/C29H26F4N6O3S/c1-3-21(40)37-6-8-38(9-7-37)26-17-10-19(29(31,32)33)22(16-4-5-20(30)18-11-34-36(2)23(16)18)25-24(17)39(27(41)35-26)12-28(15-43-25)13-42-14-28/h3-5,10-11H,1,6-9,12-15H2,2H3. The lowest BCUT2D eigenvalue weighted by molar-refractivity contribution is -0.137. The summed E-state index contributed by atoms with van der Waals surface area (Å²) in [6.07, 6.45) is -2.28. The van der Waals surface area contributed by atoms with Crippen LogP contribution in [0.15, 0.2) is 46.7 Å². The molecule has 2 aromatic carbocycles. The van der Waals surface area contributed by atoms with Crippen LogP contribution in [-0.2, 0) is 29.3 Å². The number of aryl methyl sites for hydroxylation is 1. The zero-order valence-corrected chi connectivity index (χ0v) is 23.9. The minimum atomic E-state index is -4.79. The molecule has 0 saturated carbocycles. The second-order valence-electron chi connectivity index (χ2n) is 11.2. The number of hydrogen-bond acceptors (Lipinski definition) is 7. The highest BCUT2D eigenvalue weighted by atomic mass is 32.2. The summed E-state index contributed by atoms with van der Waals surface area (Å²) in [5.41, 5.74) is -1.30. The Hall–Kier alpha value is -3.91. The van der Waals surface area contributed by atoms with Gasteiger partial charge in [0, 0.05) is 72.3 Å². The first-order chi connectivity index (χ1) is 20.5. The van der Waals surface area contributed by atoms with E-state index in [9.17, 15) is 14.0 Å². The van der Waals surface area contributed by atoms with Crippen molar-refractivity contribution in [3.8, 4) is 11.1 Å². The van der Waals surface area contributed by atoms with E-state index in [1.54, 1.807) is 16.8 Å². The minimum Gasteiger partial charge on any atom is -0.380 e. The van der Waals surface area contributed by atoms with Gasteiger partial charge < -0.3 is 14.5 Å². The third kappa shape index (κ3) is 4.33. The first kappa shape index (κ1) is 27.9. The van der Waals surface area contributed by atoms with E-state index in [0.717, 1.165) is 12.1 Å². The van der Waals surface area contributed by atoms with Crippen LogP contribution in [0, 0.1) is 11.2 Å². The fourth-order valence-corrected chi connectivity index (χ4v) is 7.74. The van der Waals surface area contributed by atoms with Gasteiger partial charge in [0.25, 0.3) is 0 Å². The molecule has 224 valence electrons. The summed E-state index contributed by atoms with van der Waals surface area (Å²) in [7, 11) is 1.56. The predicted octanol–water partition coefficient (Wildman–Crippen LogP) is 4.07. The van der Waals surface area contributed by atoms with Crippen LogP contribution >= 0.6 is 11.8 Å². The van der Waals surface area contributed by atoms with Gasteiger partial charge in [0.1, 0.15) is 11.6 Å². The first-order valence-electron chi connectivity index (χ1n) is 13.7. The largest absolute Gasteiger partial charge is 0.417 e. The molecule has 1 amide bonds. The third-order valence-electron chi connectivity index (χ3n) is 8.52.